The summed E-state index contributed by atoms with van der Waals surface area (Å²) in [6.45, 7) is 0.649. The Kier molecular flexibility index (Phi) is 6.87. The van der Waals surface area contributed by atoms with Crippen LogP contribution in [0.15, 0.2) is 58.4 Å². The minimum atomic E-state index is -3.68. The number of anilines is 1. The van der Waals surface area contributed by atoms with E-state index in [2.05, 4.69) is 15.0 Å². The molecule has 154 valence electrons. The van der Waals surface area contributed by atoms with Crippen LogP contribution in [-0.2, 0) is 21.2 Å². The molecule has 2 aromatic carbocycles. The molecule has 0 bridgehead atoms. The van der Waals surface area contributed by atoms with E-state index in [-0.39, 0.29) is 17.2 Å². The predicted molar refractivity (Wildman–Crippen MR) is 113 cm³/mol. The van der Waals surface area contributed by atoms with Crippen molar-refractivity contribution in [3.05, 3.63) is 54.1 Å². The van der Waals surface area contributed by atoms with Crippen molar-refractivity contribution in [1.29, 1.82) is 0 Å². The zero-order valence-electron chi connectivity index (χ0n) is 16.3. The Morgan fingerprint density at radius 2 is 1.90 bits per heavy atom. The molecule has 0 unspecified atom stereocenters. The lowest BCUT2D eigenvalue weighted by molar-refractivity contribution is -0.115. The molecule has 0 atom stereocenters. The minimum Gasteiger partial charge on any atom is -0.497 e. The molecule has 0 saturated carbocycles. The normalized spacial score (nSPS) is 14.4. The van der Waals surface area contributed by atoms with E-state index in [0.29, 0.717) is 30.2 Å². The van der Waals surface area contributed by atoms with Crippen LogP contribution in [0.25, 0.3) is 0 Å². The topological polar surface area (TPSA) is 96.9 Å². The van der Waals surface area contributed by atoms with Crippen molar-refractivity contribution in [2.75, 3.05) is 19.0 Å². The molecule has 1 aliphatic rings. The maximum Gasteiger partial charge on any atom is 0.262 e. The van der Waals surface area contributed by atoms with E-state index in [1.54, 1.807) is 25.3 Å². The third-order valence-corrected chi connectivity index (χ3v) is 5.97. The van der Waals surface area contributed by atoms with Gasteiger partial charge in [0.1, 0.15) is 11.6 Å². The summed E-state index contributed by atoms with van der Waals surface area (Å²) in [5.74, 6) is 1.01. The largest absolute Gasteiger partial charge is 0.497 e. The van der Waals surface area contributed by atoms with Crippen LogP contribution in [0, 0.1) is 0 Å². The molecule has 2 aromatic rings. The molecule has 29 heavy (non-hydrogen) atoms. The number of benzene rings is 2. The van der Waals surface area contributed by atoms with Crippen molar-refractivity contribution < 1.29 is 17.9 Å². The summed E-state index contributed by atoms with van der Waals surface area (Å²) < 4.78 is 32.8. The smallest absolute Gasteiger partial charge is 0.262 e. The van der Waals surface area contributed by atoms with E-state index in [1.165, 1.54) is 12.1 Å². The molecule has 1 amide bonds. The minimum absolute atomic E-state index is 0.134. The van der Waals surface area contributed by atoms with Gasteiger partial charge in [-0.15, -0.1) is 0 Å². The number of methoxy groups -OCH3 is 1. The van der Waals surface area contributed by atoms with Gasteiger partial charge in [0.05, 0.1) is 18.4 Å². The van der Waals surface area contributed by atoms with Gasteiger partial charge >= 0.3 is 0 Å². The van der Waals surface area contributed by atoms with Gasteiger partial charge < -0.3 is 10.1 Å². The SMILES string of the molecule is COc1cccc(CC(=O)Nc2ccc(S(=O)(=O)NC3=NCCCCC3)cc2)c1. The van der Waals surface area contributed by atoms with Gasteiger partial charge in [0, 0.05) is 18.7 Å². The van der Waals surface area contributed by atoms with Crippen LogP contribution in [0.1, 0.15) is 31.2 Å². The Balaban J connectivity index is 1.61. The van der Waals surface area contributed by atoms with E-state index < -0.39 is 10.0 Å². The summed E-state index contributed by atoms with van der Waals surface area (Å²) in [5.41, 5.74) is 1.36. The van der Waals surface area contributed by atoms with Gasteiger partial charge in [0.25, 0.3) is 10.0 Å². The molecular formula is C21H25N3O4S. The van der Waals surface area contributed by atoms with E-state index in [0.717, 1.165) is 24.8 Å². The van der Waals surface area contributed by atoms with Crippen molar-refractivity contribution in [2.24, 2.45) is 4.99 Å². The zero-order chi connectivity index (χ0) is 20.7. The number of amidine groups is 1. The first-order valence-corrected chi connectivity index (χ1v) is 11.0. The molecule has 0 aliphatic carbocycles. The number of ether oxygens (including phenoxy) is 1. The molecule has 0 saturated heterocycles. The quantitative estimate of drug-likeness (QED) is 0.757. The number of hydrogen-bond donors (Lipinski definition) is 2. The van der Waals surface area contributed by atoms with Crippen molar-refractivity contribution in [2.45, 2.75) is 37.0 Å². The highest BCUT2D eigenvalue weighted by atomic mass is 32.2. The van der Waals surface area contributed by atoms with E-state index in [1.807, 2.05) is 18.2 Å². The van der Waals surface area contributed by atoms with Gasteiger partial charge in [0.15, 0.2) is 0 Å². The second kappa shape index (κ2) is 9.56. The summed E-state index contributed by atoms with van der Waals surface area (Å²) in [5, 5.41) is 2.78. The monoisotopic (exact) mass is 415 g/mol. The molecule has 1 aliphatic heterocycles. The van der Waals surface area contributed by atoms with E-state index >= 15 is 0 Å². The number of hydrogen-bond acceptors (Lipinski definition) is 5. The predicted octanol–water partition coefficient (Wildman–Crippen LogP) is 3.13. The summed E-state index contributed by atoms with van der Waals surface area (Å²) in [6.07, 6.45) is 3.80. The number of rotatable bonds is 6. The summed E-state index contributed by atoms with van der Waals surface area (Å²) in [7, 11) is -2.11. The van der Waals surface area contributed by atoms with Crippen molar-refractivity contribution >= 4 is 27.5 Å². The molecule has 3 rings (SSSR count). The number of nitrogens with one attached hydrogen (secondary N) is 2. The van der Waals surface area contributed by atoms with Crippen molar-refractivity contribution in [3.63, 3.8) is 0 Å². The fourth-order valence-electron chi connectivity index (χ4n) is 3.06. The van der Waals surface area contributed by atoms with Crippen LogP contribution in [0.2, 0.25) is 0 Å². The Morgan fingerprint density at radius 1 is 1.10 bits per heavy atom. The maximum atomic E-state index is 12.6. The average molecular weight is 416 g/mol. The molecule has 2 N–H and O–H groups in total. The van der Waals surface area contributed by atoms with Crippen LogP contribution in [-0.4, -0.2) is 33.8 Å². The van der Waals surface area contributed by atoms with E-state index in [4.69, 9.17) is 4.74 Å². The number of amides is 1. The molecule has 1 heterocycles. The molecule has 0 spiro atoms. The van der Waals surface area contributed by atoms with Gasteiger partial charge in [0.2, 0.25) is 5.91 Å². The van der Waals surface area contributed by atoms with Crippen LogP contribution in [0.5, 0.6) is 5.75 Å². The maximum absolute atomic E-state index is 12.6. The second-order valence-electron chi connectivity index (χ2n) is 6.85. The Morgan fingerprint density at radius 3 is 2.66 bits per heavy atom. The number of carbonyl (C=O) groups is 1. The molecule has 0 radical (unpaired) electrons. The van der Waals surface area contributed by atoms with Gasteiger partial charge in [-0.25, -0.2) is 8.42 Å². The third kappa shape index (κ3) is 6.05. The average Bonchev–Trinajstić information content (AvgIpc) is 2.96. The molecule has 0 fully saturated rings. The van der Waals surface area contributed by atoms with Gasteiger partial charge in [-0.1, -0.05) is 18.6 Å². The van der Waals surface area contributed by atoms with Crippen LogP contribution in [0.4, 0.5) is 5.69 Å². The second-order valence-corrected chi connectivity index (χ2v) is 8.53. The Bertz CT molecular complexity index is 985. The van der Waals surface area contributed by atoms with Crippen molar-refractivity contribution in [3.8, 4) is 5.75 Å². The van der Waals surface area contributed by atoms with Crippen LogP contribution in [0.3, 0.4) is 0 Å². The first-order chi connectivity index (χ1) is 14.0. The number of sulfonamides is 1. The van der Waals surface area contributed by atoms with E-state index in [9.17, 15) is 13.2 Å². The molecular weight excluding hydrogens is 390 g/mol. The van der Waals surface area contributed by atoms with Crippen LogP contribution < -0.4 is 14.8 Å². The fourth-order valence-corrected chi connectivity index (χ4v) is 4.15. The van der Waals surface area contributed by atoms with Gasteiger partial charge in [-0.2, -0.15) is 0 Å². The number of carbonyl (C=O) groups excluding carboxylic acids is 1. The lowest BCUT2D eigenvalue weighted by Gasteiger charge is -2.11. The molecule has 7 nitrogen and oxygen atoms in total. The molecule has 0 aromatic heterocycles. The first kappa shape index (κ1) is 20.9. The lowest BCUT2D eigenvalue weighted by atomic mass is 10.1. The highest BCUT2D eigenvalue weighted by Crippen LogP contribution is 2.17. The van der Waals surface area contributed by atoms with Crippen molar-refractivity contribution in [1.82, 2.24) is 4.72 Å². The standard InChI is InChI=1S/C21H25N3O4S/c1-28-18-7-5-6-16(14-18)15-21(25)23-17-9-11-19(12-10-17)29(26,27)24-20-8-3-2-4-13-22-20/h5-7,9-12,14H,2-4,8,13,15H2,1H3,(H,22,24)(H,23,25). The van der Waals surface area contributed by atoms with Crippen LogP contribution >= 0.6 is 0 Å². The summed E-state index contributed by atoms with van der Waals surface area (Å²) in [6, 6.07) is 13.4. The third-order valence-electron chi connectivity index (χ3n) is 4.57. The zero-order valence-corrected chi connectivity index (χ0v) is 17.2. The summed E-state index contributed by atoms with van der Waals surface area (Å²) >= 11 is 0. The highest BCUT2D eigenvalue weighted by Gasteiger charge is 2.17. The Hall–Kier alpha value is -2.87. The fraction of sp³-hybridized carbons (Fsp3) is 0.333. The highest BCUT2D eigenvalue weighted by molar-refractivity contribution is 7.90. The number of aliphatic imine (C=N–C) groups is 1. The molecule has 8 heteroatoms. The van der Waals surface area contributed by atoms with Gasteiger partial charge in [-0.05, 0) is 54.8 Å². The van der Waals surface area contributed by atoms with Gasteiger partial charge in [-0.3, -0.25) is 14.5 Å². The number of nitrogens with zero attached hydrogens (tertiary/aromatic N) is 1. The lowest BCUT2D eigenvalue weighted by Crippen LogP contribution is -2.30. The summed E-state index contributed by atoms with van der Waals surface area (Å²) in [4.78, 5) is 16.7. The Labute approximate surface area is 171 Å². The first-order valence-electron chi connectivity index (χ1n) is 9.55.